The van der Waals surface area contributed by atoms with Crippen LogP contribution in [0.25, 0.3) is 32.8 Å². The van der Waals surface area contributed by atoms with Crippen molar-refractivity contribution in [3.63, 3.8) is 0 Å². The Balaban J connectivity index is 1.50. The number of aromatic nitrogens is 1. The fourth-order valence-corrected chi connectivity index (χ4v) is 5.73. The van der Waals surface area contributed by atoms with E-state index in [1.807, 2.05) is 35.4 Å². The summed E-state index contributed by atoms with van der Waals surface area (Å²) in [6.45, 7) is 1.07. The molecule has 160 valence electrons. The number of hydrogen-bond donors (Lipinski definition) is 2. The largest absolute Gasteiger partial charge is 0.361 e. The van der Waals surface area contributed by atoms with E-state index in [2.05, 4.69) is 46.7 Å². The number of rotatable bonds is 2. The maximum atomic E-state index is 13.9. The van der Waals surface area contributed by atoms with E-state index >= 15 is 0 Å². The van der Waals surface area contributed by atoms with Crippen molar-refractivity contribution < 1.29 is 9.59 Å². The minimum atomic E-state index is -0.689. The van der Waals surface area contributed by atoms with Gasteiger partial charge in [0.15, 0.2) is 0 Å². The molecule has 2 fully saturated rings. The van der Waals surface area contributed by atoms with Gasteiger partial charge in [0.1, 0.15) is 5.54 Å². The highest BCUT2D eigenvalue weighted by molar-refractivity contribution is 6.13. The lowest BCUT2D eigenvalue weighted by molar-refractivity contribution is -0.134. The highest BCUT2D eigenvalue weighted by atomic mass is 16.2. The van der Waals surface area contributed by atoms with Gasteiger partial charge in [0, 0.05) is 35.8 Å². The third-order valence-electron chi connectivity index (χ3n) is 7.27. The second-order valence-corrected chi connectivity index (χ2v) is 8.90. The Morgan fingerprint density at radius 2 is 1.56 bits per heavy atom. The summed E-state index contributed by atoms with van der Waals surface area (Å²) in [5.41, 5.74) is 3.32. The van der Waals surface area contributed by atoms with Crippen molar-refractivity contribution in [2.45, 2.75) is 31.2 Å². The number of carbonyl (C=O) groups excluding carboxylic acids is 2. The average molecular weight is 424 g/mol. The number of amides is 2. The molecule has 1 saturated carbocycles. The van der Waals surface area contributed by atoms with Crippen LogP contribution >= 0.6 is 0 Å². The van der Waals surface area contributed by atoms with Gasteiger partial charge in [0.2, 0.25) is 5.91 Å². The lowest BCUT2D eigenvalue weighted by Gasteiger charge is -2.43. The van der Waals surface area contributed by atoms with E-state index in [-0.39, 0.29) is 11.8 Å². The van der Waals surface area contributed by atoms with Crippen LogP contribution in [0.15, 0.2) is 66.9 Å². The van der Waals surface area contributed by atoms with E-state index in [1.165, 1.54) is 0 Å². The molecule has 5 heteroatoms. The van der Waals surface area contributed by atoms with Gasteiger partial charge in [0.25, 0.3) is 5.91 Å². The van der Waals surface area contributed by atoms with Crippen molar-refractivity contribution >= 4 is 33.5 Å². The minimum Gasteiger partial charge on any atom is -0.361 e. The van der Waals surface area contributed by atoms with Gasteiger partial charge in [-0.1, -0.05) is 55.3 Å². The average Bonchev–Trinajstić information content (AvgIpc) is 3.50. The third kappa shape index (κ3) is 2.70. The molecule has 4 aromatic rings. The summed E-state index contributed by atoms with van der Waals surface area (Å²) in [6.07, 6.45) is 5.41. The van der Waals surface area contributed by atoms with E-state index < -0.39 is 5.54 Å². The third-order valence-corrected chi connectivity index (χ3v) is 7.27. The molecule has 3 aromatic carbocycles. The molecule has 5 nitrogen and oxygen atoms in total. The first kappa shape index (κ1) is 19.1. The molecule has 32 heavy (non-hydrogen) atoms. The Labute approximate surface area is 186 Å². The molecule has 2 N–H and O–H groups in total. The monoisotopic (exact) mass is 423 g/mol. The Kier molecular flexibility index (Phi) is 4.32. The number of H-pyrrole nitrogens is 1. The van der Waals surface area contributed by atoms with Crippen LogP contribution in [-0.4, -0.2) is 40.3 Å². The summed E-state index contributed by atoms with van der Waals surface area (Å²) < 4.78 is 0. The maximum absolute atomic E-state index is 13.9. The van der Waals surface area contributed by atoms with Crippen LogP contribution in [0.2, 0.25) is 0 Å². The van der Waals surface area contributed by atoms with Gasteiger partial charge in [-0.3, -0.25) is 9.59 Å². The molecule has 1 saturated heterocycles. The number of piperazine rings is 1. The SMILES string of the molecule is O=C(c1cccc2c(-c3cccc4[nH]ccc34)cccc12)N1CCNC(=O)C12CCCC2. The van der Waals surface area contributed by atoms with Crippen LogP contribution < -0.4 is 5.32 Å². The predicted octanol–water partition coefficient (Wildman–Crippen LogP) is 4.87. The van der Waals surface area contributed by atoms with Gasteiger partial charge >= 0.3 is 0 Å². The fraction of sp³-hybridized carbons (Fsp3) is 0.259. The molecule has 2 amide bonds. The van der Waals surface area contributed by atoms with E-state index in [4.69, 9.17) is 0 Å². The van der Waals surface area contributed by atoms with Gasteiger partial charge in [0.05, 0.1) is 0 Å². The second kappa shape index (κ2) is 7.23. The maximum Gasteiger partial charge on any atom is 0.255 e. The molecular weight excluding hydrogens is 398 g/mol. The van der Waals surface area contributed by atoms with Crippen molar-refractivity contribution in [3.8, 4) is 11.1 Å². The quantitative estimate of drug-likeness (QED) is 0.483. The first-order valence-electron chi connectivity index (χ1n) is 11.4. The van der Waals surface area contributed by atoms with Gasteiger partial charge in [-0.05, 0) is 52.9 Å². The zero-order chi connectivity index (χ0) is 21.7. The normalized spacial score (nSPS) is 17.9. The topological polar surface area (TPSA) is 65.2 Å². The highest BCUT2D eigenvalue weighted by Crippen LogP contribution is 2.39. The van der Waals surface area contributed by atoms with E-state index in [0.29, 0.717) is 18.7 Å². The Bertz CT molecular complexity index is 1360. The summed E-state index contributed by atoms with van der Waals surface area (Å²) in [4.78, 5) is 31.9. The van der Waals surface area contributed by atoms with E-state index in [9.17, 15) is 9.59 Å². The molecule has 1 spiro atoms. The van der Waals surface area contributed by atoms with Crippen LogP contribution in [0.1, 0.15) is 36.0 Å². The molecule has 0 radical (unpaired) electrons. The van der Waals surface area contributed by atoms with Gasteiger partial charge in [-0.15, -0.1) is 0 Å². The number of carbonyl (C=O) groups is 2. The smallest absolute Gasteiger partial charge is 0.255 e. The Morgan fingerprint density at radius 3 is 2.41 bits per heavy atom. The summed E-state index contributed by atoms with van der Waals surface area (Å²) in [6, 6.07) is 20.5. The van der Waals surface area contributed by atoms with Crippen molar-refractivity contribution in [1.29, 1.82) is 0 Å². The van der Waals surface area contributed by atoms with Crippen molar-refractivity contribution in [3.05, 3.63) is 72.4 Å². The molecule has 2 aliphatic rings. The molecular formula is C27H25N3O2. The van der Waals surface area contributed by atoms with Gasteiger partial charge in [-0.2, -0.15) is 0 Å². The fourth-order valence-electron chi connectivity index (χ4n) is 5.73. The van der Waals surface area contributed by atoms with Gasteiger partial charge in [-0.25, -0.2) is 0 Å². The molecule has 0 atom stereocenters. The summed E-state index contributed by atoms with van der Waals surface area (Å²) in [7, 11) is 0. The lowest BCUT2D eigenvalue weighted by atomic mass is 9.89. The molecule has 2 heterocycles. The summed E-state index contributed by atoms with van der Waals surface area (Å²) >= 11 is 0. The zero-order valence-electron chi connectivity index (χ0n) is 17.9. The standard InChI is InChI=1S/C27H25N3O2/c31-25(30-17-16-29-26(32)27(30)13-1-2-14-27)23-10-4-7-19-18(6-3-8-21(19)23)20-9-5-11-24-22(20)12-15-28-24/h3-12,15,28H,1-2,13-14,16-17H2,(H,29,32). The van der Waals surface area contributed by atoms with Crippen molar-refractivity contribution in [1.82, 2.24) is 15.2 Å². The van der Waals surface area contributed by atoms with Crippen molar-refractivity contribution in [2.75, 3.05) is 13.1 Å². The molecule has 1 aliphatic heterocycles. The number of nitrogens with zero attached hydrogens (tertiary/aromatic N) is 1. The van der Waals surface area contributed by atoms with E-state index in [1.54, 1.807) is 0 Å². The first-order chi connectivity index (χ1) is 15.7. The first-order valence-corrected chi connectivity index (χ1v) is 11.4. The summed E-state index contributed by atoms with van der Waals surface area (Å²) in [5, 5.41) is 6.14. The molecule has 0 bridgehead atoms. The predicted molar refractivity (Wildman–Crippen MR) is 126 cm³/mol. The number of nitrogens with one attached hydrogen (secondary N) is 2. The van der Waals surface area contributed by atoms with Gasteiger partial charge < -0.3 is 15.2 Å². The number of hydrogen-bond acceptors (Lipinski definition) is 2. The Hall–Kier alpha value is -3.60. The second-order valence-electron chi connectivity index (χ2n) is 8.90. The van der Waals surface area contributed by atoms with Crippen molar-refractivity contribution in [2.24, 2.45) is 0 Å². The van der Waals surface area contributed by atoms with E-state index in [0.717, 1.165) is 58.5 Å². The van der Waals surface area contributed by atoms with Crippen LogP contribution in [0.5, 0.6) is 0 Å². The van der Waals surface area contributed by atoms with Crippen LogP contribution in [0.3, 0.4) is 0 Å². The highest BCUT2D eigenvalue weighted by Gasteiger charge is 2.50. The van der Waals surface area contributed by atoms with Crippen LogP contribution in [0, 0.1) is 0 Å². The zero-order valence-corrected chi connectivity index (χ0v) is 17.9. The Morgan fingerprint density at radius 1 is 0.844 bits per heavy atom. The molecule has 1 aliphatic carbocycles. The molecule has 6 rings (SSSR count). The number of fused-ring (bicyclic) bond motifs is 2. The summed E-state index contributed by atoms with van der Waals surface area (Å²) in [5.74, 6) is -0.0287. The molecule has 1 aromatic heterocycles. The number of aromatic amines is 1. The van der Waals surface area contributed by atoms with Crippen LogP contribution in [0.4, 0.5) is 0 Å². The van der Waals surface area contributed by atoms with Crippen LogP contribution in [-0.2, 0) is 4.79 Å². The minimum absolute atomic E-state index is 0.00895. The lowest BCUT2D eigenvalue weighted by Crippen LogP contribution is -2.65. The number of benzene rings is 3. The molecule has 0 unspecified atom stereocenters.